The number of carbonyl (C=O) groups is 1. The normalized spacial score (nSPS) is 16.9. The number of rotatable bonds is 4. The van der Waals surface area contributed by atoms with Crippen LogP contribution in [0, 0.1) is 0 Å². The summed E-state index contributed by atoms with van der Waals surface area (Å²) in [4.78, 5) is 16.8. The molecule has 5 heteroatoms. The SMILES string of the molecule is CC(C)OC(=O)Nc1ccccc1N=C1CCCC1=Cc1ccc(Cl)cc1. The highest BCUT2D eigenvalue weighted by Crippen LogP contribution is 2.31. The Balaban J connectivity index is 1.85. The van der Waals surface area contributed by atoms with Gasteiger partial charge in [-0.1, -0.05) is 35.9 Å². The Morgan fingerprint density at radius 1 is 1.15 bits per heavy atom. The number of allylic oxidation sites excluding steroid dienone is 1. The molecule has 0 bridgehead atoms. The number of nitrogens with one attached hydrogen (secondary N) is 1. The Morgan fingerprint density at radius 2 is 1.89 bits per heavy atom. The average molecular weight is 383 g/mol. The topological polar surface area (TPSA) is 50.7 Å². The first-order valence-corrected chi connectivity index (χ1v) is 9.50. The minimum Gasteiger partial charge on any atom is -0.447 e. The highest BCUT2D eigenvalue weighted by molar-refractivity contribution is 6.30. The van der Waals surface area contributed by atoms with Crippen molar-refractivity contribution < 1.29 is 9.53 Å². The van der Waals surface area contributed by atoms with E-state index in [9.17, 15) is 4.79 Å². The number of hydrogen-bond acceptors (Lipinski definition) is 3. The average Bonchev–Trinajstić information content (AvgIpc) is 3.05. The van der Waals surface area contributed by atoms with Crippen LogP contribution in [-0.4, -0.2) is 17.9 Å². The van der Waals surface area contributed by atoms with Gasteiger partial charge in [0.1, 0.15) is 0 Å². The Hall–Kier alpha value is -2.59. The zero-order valence-corrected chi connectivity index (χ0v) is 16.3. The zero-order valence-electron chi connectivity index (χ0n) is 15.5. The van der Waals surface area contributed by atoms with Gasteiger partial charge in [-0.2, -0.15) is 0 Å². The molecule has 1 N–H and O–H groups in total. The quantitative estimate of drug-likeness (QED) is 0.644. The van der Waals surface area contributed by atoms with Gasteiger partial charge in [0.25, 0.3) is 0 Å². The summed E-state index contributed by atoms with van der Waals surface area (Å²) >= 11 is 5.97. The summed E-state index contributed by atoms with van der Waals surface area (Å²) in [6.07, 6.45) is 4.50. The summed E-state index contributed by atoms with van der Waals surface area (Å²) < 4.78 is 5.17. The highest BCUT2D eigenvalue weighted by Gasteiger charge is 2.17. The van der Waals surface area contributed by atoms with Crippen molar-refractivity contribution in [3.05, 3.63) is 64.7 Å². The molecule has 4 nitrogen and oxygen atoms in total. The number of para-hydroxylation sites is 2. The highest BCUT2D eigenvalue weighted by atomic mass is 35.5. The number of anilines is 1. The zero-order chi connectivity index (χ0) is 19.2. The molecule has 3 rings (SSSR count). The second-order valence-corrected chi connectivity index (χ2v) is 7.17. The van der Waals surface area contributed by atoms with E-state index in [0.717, 1.165) is 41.2 Å². The van der Waals surface area contributed by atoms with Crippen molar-refractivity contribution >= 4 is 40.9 Å². The van der Waals surface area contributed by atoms with E-state index in [1.807, 2.05) is 62.4 Å². The molecule has 0 spiro atoms. The molecule has 140 valence electrons. The molecule has 0 aliphatic heterocycles. The van der Waals surface area contributed by atoms with Crippen LogP contribution in [-0.2, 0) is 4.74 Å². The molecule has 27 heavy (non-hydrogen) atoms. The fraction of sp³-hybridized carbons (Fsp3) is 0.273. The number of halogens is 1. The first kappa shape index (κ1) is 19.2. The van der Waals surface area contributed by atoms with E-state index in [-0.39, 0.29) is 6.10 Å². The van der Waals surface area contributed by atoms with Gasteiger partial charge in [-0.05, 0) is 74.6 Å². The summed E-state index contributed by atoms with van der Waals surface area (Å²) in [5.74, 6) is 0. The molecule has 0 heterocycles. The molecule has 1 amide bonds. The fourth-order valence-corrected chi connectivity index (χ4v) is 3.10. The molecular weight excluding hydrogens is 360 g/mol. The molecule has 1 aliphatic carbocycles. The lowest BCUT2D eigenvalue weighted by Crippen LogP contribution is -2.18. The van der Waals surface area contributed by atoms with E-state index in [4.69, 9.17) is 21.3 Å². The van der Waals surface area contributed by atoms with Gasteiger partial charge in [-0.3, -0.25) is 10.3 Å². The van der Waals surface area contributed by atoms with Crippen molar-refractivity contribution in [1.29, 1.82) is 0 Å². The van der Waals surface area contributed by atoms with Gasteiger partial charge < -0.3 is 4.74 Å². The summed E-state index contributed by atoms with van der Waals surface area (Å²) in [5.41, 5.74) is 4.76. The monoisotopic (exact) mass is 382 g/mol. The minimum absolute atomic E-state index is 0.174. The van der Waals surface area contributed by atoms with Gasteiger partial charge >= 0.3 is 6.09 Å². The second kappa shape index (κ2) is 8.87. The lowest BCUT2D eigenvalue weighted by Gasteiger charge is -2.11. The maximum absolute atomic E-state index is 11.9. The van der Waals surface area contributed by atoms with E-state index in [1.54, 1.807) is 0 Å². The van der Waals surface area contributed by atoms with Gasteiger partial charge in [0.15, 0.2) is 0 Å². The third-order valence-corrected chi connectivity index (χ3v) is 4.43. The van der Waals surface area contributed by atoms with E-state index >= 15 is 0 Å². The number of carbonyl (C=O) groups excluding carboxylic acids is 1. The van der Waals surface area contributed by atoms with Crippen LogP contribution in [0.25, 0.3) is 6.08 Å². The molecule has 2 aromatic rings. The Kier molecular flexibility index (Phi) is 6.30. The van der Waals surface area contributed by atoms with Gasteiger partial charge in [0.2, 0.25) is 0 Å². The van der Waals surface area contributed by atoms with Crippen LogP contribution < -0.4 is 5.32 Å². The number of amides is 1. The van der Waals surface area contributed by atoms with Crippen molar-refractivity contribution in [3.63, 3.8) is 0 Å². The maximum Gasteiger partial charge on any atom is 0.411 e. The Labute approximate surface area is 164 Å². The molecular formula is C22H23ClN2O2. The molecule has 0 radical (unpaired) electrons. The third-order valence-electron chi connectivity index (χ3n) is 4.18. The molecule has 2 aromatic carbocycles. The number of aliphatic imine (C=N–C) groups is 1. The first-order chi connectivity index (χ1) is 13.0. The Bertz CT molecular complexity index is 870. The molecule has 1 fully saturated rings. The van der Waals surface area contributed by atoms with E-state index in [0.29, 0.717) is 5.69 Å². The minimum atomic E-state index is -0.471. The number of benzene rings is 2. The molecule has 1 saturated carbocycles. The smallest absolute Gasteiger partial charge is 0.411 e. The molecule has 0 unspecified atom stereocenters. The van der Waals surface area contributed by atoms with Crippen molar-refractivity contribution in [2.45, 2.75) is 39.2 Å². The summed E-state index contributed by atoms with van der Waals surface area (Å²) in [6.45, 7) is 3.64. The van der Waals surface area contributed by atoms with Crippen molar-refractivity contribution in [2.24, 2.45) is 4.99 Å². The van der Waals surface area contributed by atoms with Gasteiger partial charge in [-0.25, -0.2) is 4.79 Å². The summed E-state index contributed by atoms with van der Waals surface area (Å²) in [6, 6.07) is 15.3. The van der Waals surface area contributed by atoms with Crippen LogP contribution in [0.5, 0.6) is 0 Å². The number of hydrogen-bond donors (Lipinski definition) is 1. The van der Waals surface area contributed by atoms with Crippen LogP contribution in [0.3, 0.4) is 0 Å². The predicted molar refractivity (Wildman–Crippen MR) is 112 cm³/mol. The molecule has 1 aliphatic rings. The molecule has 0 aromatic heterocycles. The summed E-state index contributed by atoms with van der Waals surface area (Å²) in [5, 5.41) is 3.51. The lowest BCUT2D eigenvalue weighted by atomic mass is 10.1. The van der Waals surface area contributed by atoms with Crippen LogP contribution in [0.15, 0.2) is 59.1 Å². The van der Waals surface area contributed by atoms with Crippen molar-refractivity contribution in [1.82, 2.24) is 0 Å². The van der Waals surface area contributed by atoms with Crippen LogP contribution in [0.1, 0.15) is 38.7 Å². The fourth-order valence-electron chi connectivity index (χ4n) is 2.97. The Morgan fingerprint density at radius 3 is 2.63 bits per heavy atom. The second-order valence-electron chi connectivity index (χ2n) is 6.73. The molecule has 0 atom stereocenters. The van der Waals surface area contributed by atoms with E-state index < -0.39 is 6.09 Å². The predicted octanol–water partition coefficient (Wildman–Crippen LogP) is 6.64. The third kappa shape index (κ3) is 5.44. The van der Waals surface area contributed by atoms with E-state index in [1.165, 1.54) is 5.57 Å². The molecule has 0 saturated heterocycles. The van der Waals surface area contributed by atoms with Crippen LogP contribution >= 0.6 is 11.6 Å². The first-order valence-electron chi connectivity index (χ1n) is 9.12. The van der Waals surface area contributed by atoms with Gasteiger partial charge in [-0.15, -0.1) is 0 Å². The van der Waals surface area contributed by atoms with Gasteiger partial charge in [0.05, 0.1) is 17.5 Å². The lowest BCUT2D eigenvalue weighted by molar-refractivity contribution is 0.130. The largest absolute Gasteiger partial charge is 0.447 e. The maximum atomic E-state index is 11.9. The van der Waals surface area contributed by atoms with Crippen LogP contribution in [0.2, 0.25) is 5.02 Å². The van der Waals surface area contributed by atoms with Gasteiger partial charge in [0, 0.05) is 10.7 Å². The van der Waals surface area contributed by atoms with E-state index in [2.05, 4.69) is 11.4 Å². The number of nitrogens with zero attached hydrogens (tertiary/aromatic N) is 1. The van der Waals surface area contributed by atoms with Crippen molar-refractivity contribution in [3.8, 4) is 0 Å². The standard InChI is InChI=1S/C22H23ClN2O2/c1-15(2)27-22(26)25-21-8-4-3-7-20(21)24-19-9-5-6-17(19)14-16-10-12-18(23)13-11-16/h3-4,7-8,10-15H,5-6,9H2,1-2H3,(H,25,26). The van der Waals surface area contributed by atoms with Crippen molar-refractivity contribution in [2.75, 3.05) is 5.32 Å². The number of ether oxygens (including phenoxy) is 1. The summed E-state index contributed by atoms with van der Waals surface area (Å²) in [7, 11) is 0. The van der Waals surface area contributed by atoms with Crippen LogP contribution in [0.4, 0.5) is 16.2 Å².